The molecule has 0 fully saturated rings. The van der Waals surface area contributed by atoms with Gasteiger partial charge in [0.05, 0.1) is 0 Å². The van der Waals surface area contributed by atoms with Gasteiger partial charge in [-0.25, -0.2) is 4.57 Å². The summed E-state index contributed by atoms with van der Waals surface area (Å²) in [4.78, 5) is 22.8. The third-order valence-electron chi connectivity index (χ3n) is 0.500. The van der Waals surface area contributed by atoms with Crippen molar-refractivity contribution >= 4 is 50.1 Å². The van der Waals surface area contributed by atoms with Gasteiger partial charge in [-0.15, -0.1) is 24.5 Å². The zero-order chi connectivity index (χ0) is 11.5. The first kappa shape index (κ1) is 20.1. The van der Waals surface area contributed by atoms with Crippen molar-refractivity contribution in [1.82, 2.24) is 0 Å². The van der Waals surface area contributed by atoms with Gasteiger partial charge in [0.2, 0.25) is 0 Å². The van der Waals surface area contributed by atoms with Gasteiger partial charge in [-0.05, 0) is 0 Å². The quantitative estimate of drug-likeness (QED) is 0.331. The summed E-state index contributed by atoms with van der Waals surface area (Å²) in [5, 5.41) is 0. The average molecular weight is 286 g/mol. The molecule has 0 rings (SSSR count). The highest BCUT2D eigenvalue weighted by atomic mass is 33.1. The Labute approximate surface area is 96.0 Å². The van der Waals surface area contributed by atoms with Crippen molar-refractivity contribution in [2.75, 3.05) is 0 Å². The van der Waals surface area contributed by atoms with Crippen molar-refractivity contribution in [3.8, 4) is 0 Å². The van der Waals surface area contributed by atoms with E-state index in [2.05, 4.69) is 50.6 Å². The Balaban J connectivity index is -0.000000117. The minimum Gasteiger partial charge on any atom is -0.355 e. The second kappa shape index (κ2) is 13.6. The lowest BCUT2D eigenvalue weighted by atomic mass is 10.4. The van der Waals surface area contributed by atoms with Gasteiger partial charge in [0.25, 0.3) is 0 Å². The van der Waals surface area contributed by atoms with Crippen molar-refractivity contribution in [2.24, 2.45) is 0 Å². The average Bonchev–Trinajstić information content (AvgIpc) is 1.82. The Bertz CT molecular complexity index is 116. The van der Waals surface area contributed by atoms with E-state index in [1.165, 1.54) is 12.8 Å². The van der Waals surface area contributed by atoms with Gasteiger partial charge >= 0.3 is 6.80 Å². The Morgan fingerprint density at radius 1 is 1.23 bits per heavy atom. The second-order valence-corrected chi connectivity index (χ2v) is 8.13. The Morgan fingerprint density at radius 2 is 1.31 bits per heavy atom. The molecule has 4 nitrogen and oxygen atoms in total. The molecule has 0 bridgehead atoms. The molecule has 9 heteroatoms. The van der Waals surface area contributed by atoms with Crippen molar-refractivity contribution in [2.45, 2.75) is 26.7 Å². The fourth-order valence-corrected chi connectivity index (χ4v) is 0. The van der Waals surface area contributed by atoms with Crippen molar-refractivity contribution in [3.05, 3.63) is 0 Å². The predicted octanol–water partition coefficient (Wildman–Crippen LogP) is 2.88. The first-order valence-corrected chi connectivity index (χ1v) is 9.66. The van der Waals surface area contributed by atoms with Crippen LogP contribution in [-0.4, -0.2) is 14.7 Å². The summed E-state index contributed by atoms with van der Waals surface area (Å²) >= 11 is 9.69. The van der Waals surface area contributed by atoms with Crippen LogP contribution >= 0.6 is 50.1 Å². The molecule has 0 saturated carbocycles. The summed E-state index contributed by atoms with van der Waals surface area (Å²) in [7, 11) is 0. The van der Waals surface area contributed by atoms with Crippen LogP contribution in [-0.2, 0) is 4.57 Å². The van der Waals surface area contributed by atoms with Gasteiger partial charge < -0.3 is 14.7 Å². The van der Waals surface area contributed by atoms with E-state index in [4.69, 9.17) is 14.7 Å². The van der Waals surface area contributed by atoms with Gasteiger partial charge in [0, 0.05) is 0 Å². The van der Waals surface area contributed by atoms with Gasteiger partial charge in [-0.3, -0.25) is 0 Å². The van der Waals surface area contributed by atoms with Crippen LogP contribution in [0.3, 0.4) is 0 Å². The predicted molar refractivity (Wildman–Crippen MR) is 68.7 cm³/mol. The highest BCUT2D eigenvalue weighted by molar-refractivity contribution is 8.76. The molecule has 0 aliphatic carbocycles. The second-order valence-electron chi connectivity index (χ2n) is 1.78. The van der Waals surface area contributed by atoms with Crippen molar-refractivity contribution in [3.63, 3.8) is 0 Å². The van der Waals surface area contributed by atoms with Gasteiger partial charge in [0.1, 0.15) is 6.55 Å². The molecule has 0 spiro atoms. The Morgan fingerprint density at radius 3 is 1.31 bits per heavy atom. The molecule has 0 saturated heterocycles. The van der Waals surface area contributed by atoms with Crippen LogP contribution in [0.1, 0.15) is 26.7 Å². The molecule has 84 valence electrons. The summed E-state index contributed by atoms with van der Waals surface area (Å²) in [5.41, 5.74) is 0. The molecular formula is C4H16O4P2S3. The third-order valence-corrected chi connectivity index (χ3v) is 0.500. The fraction of sp³-hybridized carbons (Fsp3) is 1.00. The molecule has 0 heterocycles. The van der Waals surface area contributed by atoms with Crippen molar-refractivity contribution in [1.29, 1.82) is 0 Å². The first-order chi connectivity index (χ1) is 5.65. The van der Waals surface area contributed by atoms with Crippen LogP contribution in [0.5, 0.6) is 0 Å². The fourth-order valence-electron chi connectivity index (χ4n) is 0. The standard InChI is InChI=1S/C4H10.H3O3PS.H3OPS2/c1-3-4-2;1-4(2,3)5;1-2(3)4/h3-4H2,1-2H3;(H3,1,2,3,5);1,3-4H. The lowest BCUT2D eigenvalue weighted by molar-refractivity contribution is 0.397. The summed E-state index contributed by atoms with van der Waals surface area (Å²) in [6.45, 7) is -0.815. The molecule has 0 aromatic rings. The van der Waals surface area contributed by atoms with E-state index < -0.39 is 13.3 Å². The molecule has 0 aromatic carbocycles. The maximum atomic E-state index is 9.19. The number of unbranched alkanes of at least 4 members (excludes halogenated alkanes) is 1. The highest BCUT2D eigenvalue weighted by Crippen LogP contribution is 2.39. The molecule has 0 unspecified atom stereocenters. The molecule has 3 N–H and O–H groups in total. The molecule has 13 heavy (non-hydrogen) atoms. The van der Waals surface area contributed by atoms with E-state index in [1.807, 2.05) is 0 Å². The van der Waals surface area contributed by atoms with Gasteiger partial charge in [-0.2, -0.15) is 0 Å². The van der Waals surface area contributed by atoms with E-state index in [-0.39, 0.29) is 0 Å². The molecule has 0 aliphatic heterocycles. The number of rotatable bonds is 1. The van der Waals surface area contributed by atoms with E-state index in [0.29, 0.717) is 0 Å². The van der Waals surface area contributed by atoms with E-state index in [0.717, 1.165) is 0 Å². The molecule has 0 aliphatic rings. The monoisotopic (exact) mass is 286 g/mol. The lowest BCUT2D eigenvalue weighted by Gasteiger charge is -1.82. The topological polar surface area (TPSA) is 77.8 Å². The maximum absolute atomic E-state index is 9.19. The zero-order valence-corrected chi connectivity index (χ0v) is 11.9. The van der Waals surface area contributed by atoms with Crippen LogP contribution in [0, 0.1) is 0 Å². The third kappa shape index (κ3) is 272. The highest BCUT2D eigenvalue weighted by Gasteiger charge is 1.97. The first-order valence-electron chi connectivity index (χ1n) is 3.30. The summed E-state index contributed by atoms with van der Waals surface area (Å²) in [6.07, 6.45) is 2.64. The lowest BCUT2D eigenvalue weighted by Crippen LogP contribution is -1.54. The van der Waals surface area contributed by atoms with Gasteiger partial charge in [-0.1, -0.05) is 38.9 Å². The minimum absolute atomic E-state index is 1.23. The van der Waals surface area contributed by atoms with Crippen LogP contribution in [0.15, 0.2) is 0 Å². The largest absolute Gasteiger partial charge is 0.380 e. The smallest absolute Gasteiger partial charge is 0.355 e. The van der Waals surface area contributed by atoms with Crippen LogP contribution in [0.2, 0.25) is 0 Å². The van der Waals surface area contributed by atoms with Crippen LogP contribution < -0.4 is 0 Å². The van der Waals surface area contributed by atoms with Gasteiger partial charge in [0.15, 0.2) is 0 Å². The summed E-state index contributed by atoms with van der Waals surface area (Å²) in [6, 6.07) is 0. The zero-order valence-electron chi connectivity index (χ0n) is 7.40. The van der Waals surface area contributed by atoms with Crippen LogP contribution in [0.4, 0.5) is 0 Å². The molecule has 0 amide bonds. The SMILES string of the molecule is CCCC.O=P(O)(O)S.OP(S)S. The molecular weight excluding hydrogens is 270 g/mol. The molecule has 0 aromatic heterocycles. The van der Waals surface area contributed by atoms with E-state index in [9.17, 15) is 4.57 Å². The Hall–Kier alpha value is 1.59. The van der Waals surface area contributed by atoms with Crippen molar-refractivity contribution < 1.29 is 19.2 Å². The van der Waals surface area contributed by atoms with E-state index in [1.54, 1.807) is 0 Å². The molecule has 0 atom stereocenters. The minimum atomic E-state index is -3.94. The van der Waals surface area contributed by atoms with E-state index >= 15 is 0 Å². The number of thiol groups is 3. The van der Waals surface area contributed by atoms with Crippen LogP contribution in [0.25, 0.3) is 0 Å². The Kier molecular flexibility index (Phi) is 21.0. The number of hydrogen-bond donors (Lipinski definition) is 6. The molecule has 0 radical (unpaired) electrons. The summed E-state index contributed by atoms with van der Waals surface area (Å²) < 4.78 is 9.19. The number of hydrogen-bond acceptors (Lipinski definition) is 4. The maximum Gasteiger partial charge on any atom is 0.380 e. The normalized spacial score (nSPS) is 9.62. The summed E-state index contributed by atoms with van der Waals surface area (Å²) in [5.74, 6) is 0.